The fourth-order valence-corrected chi connectivity index (χ4v) is 10.1. The zero-order chi connectivity index (χ0) is 35.2. The van der Waals surface area contributed by atoms with Crippen LogP contribution in [-0.4, -0.2) is 71.9 Å². The van der Waals surface area contributed by atoms with E-state index in [-0.39, 0.29) is 25.5 Å². The lowest BCUT2D eigenvalue weighted by atomic mass is 9.70. The van der Waals surface area contributed by atoms with Crippen LogP contribution in [0.25, 0.3) is 11.0 Å². The highest BCUT2D eigenvalue weighted by molar-refractivity contribution is 7.89. The highest BCUT2D eigenvalue weighted by Gasteiger charge is 2.44. The van der Waals surface area contributed by atoms with Crippen molar-refractivity contribution >= 4 is 27.0 Å². The van der Waals surface area contributed by atoms with Gasteiger partial charge in [0.25, 0.3) is 5.91 Å². The number of piperidine rings is 2. The van der Waals surface area contributed by atoms with Crippen LogP contribution in [0.4, 0.5) is 13.2 Å². The summed E-state index contributed by atoms with van der Waals surface area (Å²) in [5.41, 5.74) is 1.74. The van der Waals surface area contributed by atoms with Crippen molar-refractivity contribution in [2.24, 2.45) is 0 Å². The van der Waals surface area contributed by atoms with Crippen molar-refractivity contribution in [2.45, 2.75) is 93.7 Å². The number of carbonyl (C=O) groups excluding carboxylic acids is 1. The molecule has 0 unspecified atom stereocenters. The fraction of sp³-hybridized carbons (Fsp3) is 0.474. The van der Waals surface area contributed by atoms with Crippen LogP contribution in [0.2, 0.25) is 0 Å². The molecule has 1 amide bonds. The summed E-state index contributed by atoms with van der Waals surface area (Å²) >= 11 is 0. The number of carbonyl (C=O) groups is 1. The molecule has 4 heterocycles. The smallest absolute Gasteiger partial charge is 0.259 e. The van der Waals surface area contributed by atoms with Crippen LogP contribution < -0.4 is 4.72 Å². The second kappa shape index (κ2) is 13.8. The van der Waals surface area contributed by atoms with Crippen LogP contribution in [0.5, 0.6) is 0 Å². The van der Waals surface area contributed by atoms with Crippen LogP contribution in [-0.2, 0) is 15.4 Å². The Labute approximate surface area is 291 Å². The van der Waals surface area contributed by atoms with E-state index in [9.17, 15) is 17.6 Å². The quantitative estimate of drug-likeness (QED) is 0.194. The number of sulfonamides is 1. The van der Waals surface area contributed by atoms with Crippen LogP contribution in [0.3, 0.4) is 0 Å². The molecule has 0 saturated carbocycles. The van der Waals surface area contributed by atoms with E-state index in [1.165, 1.54) is 16.5 Å². The molecule has 3 aliphatic heterocycles. The van der Waals surface area contributed by atoms with Gasteiger partial charge in [-0.05, 0) is 112 Å². The van der Waals surface area contributed by atoms with Gasteiger partial charge in [-0.15, -0.1) is 0 Å². The maximum Gasteiger partial charge on any atom is 0.259 e. The molecule has 3 aromatic carbocycles. The Bertz CT molecular complexity index is 2000. The third-order valence-electron chi connectivity index (χ3n) is 11.4. The highest BCUT2D eigenvalue weighted by atomic mass is 32.2. The molecule has 1 aromatic heterocycles. The molecule has 12 heteroatoms. The number of para-hydroxylation sites is 2. The molecule has 0 radical (unpaired) electrons. The molecule has 3 fully saturated rings. The molecule has 266 valence electrons. The number of likely N-dealkylation sites (tertiary alicyclic amines) is 1. The van der Waals surface area contributed by atoms with E-state index >= 15 is 8.78 Å². The van der Waals surface area contributed by atoms with Gasteiger partial charge in [0.1, 0.15) is 27.9 Å². The first-order valence-corrected chi connectivity index (χ1v) is 19.2. The number of benzene rings is 3. The number of nitrogens with one attached hydrogen (secondary N) is 1. The molecule has 3 aliphatic rings. The first-order chi connectivity index (χ1) is 24.0. The minimum absolute atomic E-state index is 0.0810. The number of halogens is 3. The number of hydrogen-bond acceptors (Lipinski definition) is 5. The number of fused-ring (bicyclic) bond motifs is 3. The van der Waals surface area contributed by atoms with Crippen molar-refractivity contribution in [1.82, 2.24) is 24.1 Å². The van der Waals surface area contributed by atoms with E-state index in [0.29, 0.717) is 37.4 Å². The van der Waals surface area contributed by atoms with Gasteiger partial charge in [0.05, 0.1) is 11.0 Å². The predicted octanol–water partition coefficient (Wildman–Crippen LogP) is 6.88. The summed E-state index contributed by atoms with van der Waals surface area (Å²) in [6.07, 6.45) is 6.52. The molecule has 0 spiro atoms. The number of aryl methyl sites for hydroxylation is 1. The number of amides is 1. The fourth-order valence-electron chi connectivity index (χ4n) is 8.84. The summed E-state index contributed by atoms with van der Waals surface area (Å²) in [6.45, 7) is 5.14. The van der Waals surface area contributed by atoms with E-state index in [4.69, 9.17) is 4.98 Å². The van der Waals surface area contributed by atoms with Crippen LogP contribution in [0.1, 0.15) is 86.1 Å². The Hall–Kier alpha value is -3.74. The SMILES string of the molecule is CCCNS(=O)(=O)c1ccc(F)c(C(=O)N2CCC(CCN3[C@@H]4CC[C@H]3C[C@@H](n3c(C)nc5ccccc53)C4)(c3cccc(F)c3)CC2)c1F. The average molecular weight is 708 g/mol. The van der Waals surface area contributed by atoms with E-state index in [1.807, 2.05) is 12.1 Å². The molecule has 7 rings (SSSR count). The molecule has 8 nitrogen and oxygen atoms in total. The molecule has 0 aliphatic carbocycles. The normalized spacial score (nSPS) is 22.3. The number of imidazole rings is 1. The first-order valence-electron chi connectivity index (χ1n) is 17.7. The minimum atomic E-state index is -4.27. The first kappa shape index (κ1) is 34.7. The third kappa shape index (κ3) is 6.34. The zero-order valence-corrected chi connectivity index (χ0v) is 29.4. The van der Waals surface area contributed by atoms with E-state index < -0.39 is 43.4 Å². The van der Waals surface area contributed by atoms with Gasteiger partial charge in [0.2, 0.25) is 10.0 Å². The van der Waals surface area contributed by atoms with Gasteiger partial charge in [-0.1, -0.05) is 31.2 Å². The monoisotopic (exact) mass is 707 g/mol. The molecule has 2 bridgehead atoms. The standard InChI is InChI=1S/C38H44F3N5O3S/c1-3-18-42-50(48,49)34-14-13-31(40)35(36(34)41)37(47)44-19-15-38(16-20-44,26-7-6-8-27(39)22-26)17-21-45-28-11-12-29(45)24-30(23-28)46-25(2)43-32-9-4-5-10-33(32)46/h4-10,13-14,22,28-30,42H,3,11-12,15-21,23-24H2,1-2H3/t28-,29+,30+. The van der Waals surface area contributed by atoms with Gasteiger partial charge in [-0.3, -0.25) is 9.69 Å². The highest BCUT2D eigenvalue weighted by Crippen LogP contribution is 2.45. The maximum atomic E-state index is 15.6. The molecular formula is C38H44F3N5O3S. The Morgan fingerprint density at radius 1 is 0.960 bits per heavy atom. The maximum absolute atomic E-state index is 15.6. The molecule has 4 aromatic rings. The second-order valence-electron chi connectivity index (χ2n) is 14.2. The topological polar surface area (TPSA) is 87.5 Å². The lowest BCUT2D eigenvalue weighted by Crippen LogP contribution is -2.49. The second-order valence-corrected chi connectivity index (χ2v) is 16.0. The van der Waals surface area contributed by atoms with E-state index in [2.05, 4.69) is 39.3 Å². The number of nitrogens with zero attached hydrogens (tertiary/aromatic N) is 4. The largest absolute Gasteiger partial charge is 0.338 e. The summed E-state index contributed by atoms with van der Waals surface area (Å²) in [5.74, 6) is -2.68. The van der Waals surface area contributed by atoms with Gasteiger partial charge in [0, 0.05) is 37.8 Å². The van der Waals surface area contributed by atoms with Crippen molar-refractivity contribution in [1.29, 1.82) is 0 Å². The summed E-state index contributed by atoms with van der Waals surface area (Å²) in [5, 5.41) is 0. The molecular weight excluding hydrogens is 664 g/mol. The van der Waals surface area contributed by atoms with Gasteiger partial charge in [-0.25, -0.2) is 31.3 Å². The van der Waals surface area contributed by atoms with Gasteiger partial charge in [0.15, 0.2) is 5.82 Å². The number of rotatable bonds is 10. The summed E-state index contributed by atoms with van der Waals surface area (Å²) in [6, 6.07) is 17.8. The van der Waals surface area contributed by atoms with E-state index in [1.54, 1.807) is 19.1 Å². The molecule has 3 atom stereocenters. The van der Waals surface area contributed by atoms with Gasteiger partial charge >= 0.3 is 0 Å². The number of hydrogen-bond donors (Lipinski definition) is 1. The van der Waals surface area contributed by atoms with Crippen molar-refractivity contribution in [2.75, 3.05) is 26.2 Å². The Kier molecular flexibility index (Phi) is 9.55. The number of aromatic nitrogens is 2. The van der Waals surface area contributed by atoms with Crippen LogP contribution in [0.15, 0.2) is 65.6 Å². The Balaban J connectivity index is 1.08. The van der Waals surface area contributed by atoms with Crippen molar-refractivity contribution < 1.29 is 26.4 Å². The molecule has 1 N–H and O–H groups in total. The minimum Gasteiger partial charge on any atom is -0.338 e. The zero-order valence-electron chi connectivity index (χ0n) is 28.5. The van der Waals surface area contributed by atoms with Crippen molar-refractivity contribution in [3.8, 4) is 0 Å². The van der Waals surface area contributed by atoms with Crippen molar-refractivity contribution in [3.05, 3.63) is 95.1 Å². The molecule has 3 saturated heterocycles. The van der Waals surface area contributed by atoms with Gasteiger partial charge in [-0.2, -0.15) is 0 Å². The summed E-state index contributed by atoms with van der Waals surface area (Å²) in [7, 11) is -4.27. The average Bonchev–Trinajstić information content (AvgIpc) is 3.56. The van der Waals surface area contributed by atoms with E-state index in [0.717, 1.165) is 67.7 Å². The molecule has 50 heavy (non-hydrogen) atoms. The lowest BCUT2D eigenvalue weighted by Gasteiger charge is -2.45. The lowest BCUT2D eigenvalue weighted by molar-refractivity contribution is 0.0598. The van der Waals surface area contributed by atoms with Crippen LogP contribution >= 0.6 is 0 Å². The third-order valence-corrected chi connectivity index (χ3v) is 12.9. The van der Waals surface area contributed by atoms with Crippen LogP contribution in [0, 0.1) is 24.4 Å². The Morgan fingerprint density at radius 2 is 1.68 bits per heavy atom. The summed E-state index contributed by atoms with van der Waals surface area (Å²) in [4.78, 5) is 21.7. The Morgan fingerprint density at radius 3 is 2.38 bits per heavy atom. The summed E-state index contributed by atoms with van der Waals surface area (Å²) < 4.78 is 75.3. The van der Waals surface area contributed by atoms with Crippen molar-refractivity contribution in [3.63, 3.8) is 0 Å². The van der Waals surface area contributed by atoms with Gasteiger partial charge < -0.3 is 9.47 Å². The predicted molar refractivity (Wildman–Crippen MR) is 186 cm³/mol.